The molecule has 25 heavy (non-hydrogen) atoms. The van der Waals surface area contributed by atoms with Gasteiger partial charge in [0.1, 0.15) is 0 Å². The molecule has 2 aliphatic heterocycles. The molecule has 0 radical (unpaired) electrons. The Labute approximate surface area is 152 Å². The maximum atomic E-state index is 12.6. The number of amides is 2. The summed E-state index contributed by atoms with van der Waals surface area (Å²) >= 11 is 6.12. The minimum absolute atomic E-state index is 0.216. The quantitative estimate of drug-likeness (QED) is 0.857. The second kappa shape index (κ2) is 7.12. The molecule has 2 heterocycles. The zero-order valence-electron chi connectivity index (χ0n) is 14.4. The van der Waals surface area contributed by atoms with Gasteiger partial charge in [0.2, 0.25) is 0 Å². The van der Waals surface area contributed by atoms with Crippen LogP contribution in [-0.2, 0) is 4.79 Å². The standard InChI is InChI=1S/C18H24ClN3O3/c1-18(16(23)24)7-10-22(12-18)17(25)20-14-11-13(19)5-6-15(14)21-8-3-2-4-9-21/h5-6,11H,2-4,7-10,12H2,1H3,(H,20,25)(H,23,24). The molecule has 0 saturated carbocycles. The number of aliphatic carboxylic acids is 1. The fourth-order valence-electron chi connectivity index (χ4n) is 3.52. The van der Waals surface area contributed by atoms with Gasteiger partial charge in [-0.15, -0.1) is 0 Å². The van der Waals surface area contributed by atoms with Crippen LogP contribution >= 0.6 is 11.6 Å². The van der Waals surface area contributed by atoms with E-state index < -0.39 is 11.4 Å². The summed E-state index contributed by atoms with van der Waals surface area (Å²) in [6, 6.07) is 5.26. The third-order valence-electron chi connectivity index (χ3n) is 5.17. The highest BCUT2D eigenvalue weighted by Gasteiger charge is 2.42. The third-order valence-corrected chi connectivity index (χ3v) is 5.41. The topological polar surface area (TPSA) is 72.9 Å². The molecule has 0 spiro atoms. The maximum absolute atomic E-state index is 12.6. The van der Waals surface area contributed by atoms with Gasteiger partial charge in [0.25, 0.3) is 0 Å². The average Bonchev–Trinajstić information content (AvgIpc) is 3.00. The molecular formula is C18H24ClN3O3. The van der Waals surface area contributed by atoms with Gasteiger partial charge in [0.15, 0.2) is 0 Å². The summed E-state index contributed by atoms with van der Waals surface area (Å²) in [7, 11) is 0. The summed E-state index contributed by atoms with van der Waals surface area (Å²) in [4.78, 5) is 27.8. The van der Waals surface area contributed by atoms with E-state index in [-0.39, 0.29) is 12.6 Å². The van der Waals surface area contributed by atoms with Crippen molar-refractivity contribution in [2.24, 2.45) is 5.41 Å². The minimum Gasteiger partial charge on any atom is -0.481 e. The lowest BCUT2D eigenvalue weighted by molar-refractivity contribution is -0.146. The molecule has 0 bridgehead atoms. The number of carbonyl (C=O) groups is 2. The van der Waals surface area contributed by atoms with E-state index in [2.05, 4.69) is 10.2 Å². The number of hydrogen-bond donors (Lipinski definition) is 2. The second-order valence-corrected chi connectivity index (χ2v) is 7.61. The number of benzene rings is 1. The Balaban J connectivity index is 1.75. The second-order valence-electron chi connectivity index (χ2n) is 7.18. The van der Waals surface area contributed by atoms with E-state index in [9.17, 15) is 14.7 Å². The SMILES string of the molecule is CC1(C(=O)O)CCN(C(=O)Nc2cc(Cl)ccc2N2CCCCC2)C1. The third kappa shape index (κ3) is 3.84. The van der Waals surface area contributed by atoms with E-state index in [0.29, 0.717) is 23.7 Å². The van der Waals surface area contributed by atoms with Crippen LogP contribution in [-0.4, -0.2) is 48.2 Å². The van der Waals surface area contributed by atoms with Gasteiger partial charge in [0.05, 0.1) is 16.8 Å². The summed E-state index contributed by atoms with van der Waals surface area (Å²) < 4.78 is 0. The number of halogens is 1. The Morgan fingerprint density at radius 1 is 1.20 bits per heavy atom. The van der Waals surface area contributed by atoms with E-state index in [4.69, 9.17) is 11.6 Å². The fourth-order valence-corrected chi connectivity index (χ4v) is 3.69. The van der Waals surface area contributed by atoms with Crippen molar-refractivity contribution >= 4 is 35.0 Å². The number of carboxylic acids is 1. The molecule has 1 aromatic carbocycles. The van der Waals surface area contributed by atoms with Crippen LogP contribution in [0.25, 0.3) is 0 Å². The molecule has 136 valence electrons. The molecule has 2 N–H and O–H groups in total. The normalized spacial score (nSPS) is 23.6. The number of piperidine rings is 1. The minimum atomic E-state index is -0.874. The van der Waals surface area contributed by atoms with Crippen molar-refractivity contribution in [3.8, 4) is 0 Å². The number of carbonyl (C=O) groups excluding carboxylic acids is 1. The summed E-state index contributed by atoms with van der Waals surface area (Å²) in [6.07, 6.45) is 3.97. The summed E-state index contributed by atoms with van der Waals surface area (Å²) in [6.45, 7) is 4.26. The molecule has 0 aromatic heterocycles. The predicted molar refractivity (Wildman–Crippen MR) is 98.5 cm³/mol. The number of carboxylic acid groups (broad SMARTS) is 1. The average molecular weight is 366 g/mol. The zero-order chi connectivity index (χ0) is 18.0. The van der Waals surface area contributed by atoms with Crippen LogP contribution in [0.3, 0.4) is 0 Å². The molecule has 2 amide bonds. The van der Waals surface area contributed by atoms with E-state index in [1.807, 2.05) is 12.1 Å². The molecule has 1 unspecified atom stereocenters. The molecular weight excluding hydrogens is 342 g/mol. The molecule has 1 atom stereocenters. The molecule has 3 rings (SSSR count). The lowest BCUT2D eigenvalue weighted by Crippen LogP contribution is -2.37. The van der Waals surface area contributed by atoms with Crippen LogP contribution in [0.2, 0.25) is 5.02 Å². The number of anilines is 2. The van der Waals surface area contributed by atoms with Crippen LogP contribution in [0.5, 0.6) is 0 Å². The van der Waals surface area contributed by atoms with Crippen LogP contribution < -0.4 is 10.2 Å². The first-order valence-corrected chi connectivity index (χ1v) is 9.11. The molecule has 1 aromatic rings. The maximum Gasteiger partial charge on any atom is 0.321 e. The number of nitrogens with zero attached hydrogens (tertiary/aromatic N) is 2. The Morgan fingerprint density at radius 3 is 2.56 bits per heavy atom. The van der Waals surface area contributed by atoms with E-state index in [0.717, 1.165) is 31.6 Å². The van der Waals surface area contributed by atoms with Crippen LogP contribution in [0.4, 0.5) is 16.2 Å². The fraction of sp³-hybridized carbons (Fsp3) is 0.556. The first kappa shape index (κ1) is 17.9. The highest BCUT2D eigenvalue weighted by molar-refractivity contribution is 6.31. The molecule has 7 heteroatoms. The monoisotopic (exact) mass is 365 g/mol. The number of hydrogen-bond acceptors (Lipinski definition) is 3. The molecule has 2 fully saturated rings. The summed E-state index contributed by atoms with van der Waals surface area (Å²) in [5, 5.41) is 12.8. The van der Waals surface area contributed by atoms with Crippen molar-refractivity contribution < 1.29 is 14.7 Å². The highest BCUT2D eigenvalue weighted by atomic mass is 35.5. The Morgan fingerprint density at radius 2 is 1.92 bits per heavy atom. The highest BCUT2D eigenvalue weighted by Crippen LogP contribution is 2.33. The van der Waals surface area contributed by atoms with Gasteiger partial charge in [0, 0.05) is 31.2 Å². The molecule has 0 aliphatic carbocycles. The smallest absolute Gasteiger partial charge is 0.321 e. The van der Waals surface area contributed by atoms with Crippen molar-refractivity contribution in [2.75, 3.05) is 36.4 Å². The van der Waals surface area contributed by atoms with E-state index >= 15 is 0 Å². The van der Waals surface area contributed by atoms with Gasteiger partial charge in [-0.25, -0.2) is 4.79 Å². The van der Waals surface area contributed by atoms with Crippen molar-refractivity contribution in [1.29, 1.82) is 0 Å². The first-order chi connectivity index (χ1) is 11.9. The predicted octanol–water partition coefficient (Wildman–Crippen LogP) is 3.66. The Kier molecular flexibility index (Phi) is 5.08. The Bertz CT molecular complexity index is 676. The van der Waals surface area contributed by atoms with Gasteiger partial charge >= 0.3 is 12.0 Å². The first-order valence-electron chi connectivity index (χ1n) is 8.73. The van der Waals surface area contributed by atoms with Crippen LogP contribution in [0, 0.1) is 5.41 Å². The van der Waals surface area contributed by atoms with Gasteiger partial charge in [-0.1, -0.05) is 11.6 Å². The summed E-state index contributed by atoms with van der Waals surface area (Å²) in [5.74, 6) is -0.862. The molecule has 6 nitrogen and oxygen atoms in total. The number of rotatable bonds is 3. The van der Waals surface area contributed by atoms with E-state index in [1.165, 1.54) is 6.42 Å². The lowest BCUT2D eigenvalue weighted by Gasteiger charge is -2.31. The van der Waals surface area contributed by atoms with Gasteiger partial charge in [-0.2, -0.15) is 0 Å². The lowest BCUT2D eigenvalue weighted by atomic mass is 9.90. The van der Waals surface area contributed by atoms with Crippen molar-refractivity contribution in [3.05, 3.63) is 23.2 Å². The largest absolute Gasteiger partial charge is 0.481 e. The van der Waals surface area contributed by atoms with Gasteiger partial charge in [-0.05, 0) is 50.8 Å². The van der Waals surface area contributed by atoms with Crippen molar-refractivity contribution in [2.45, 2.75) is 32.6 Å². The van der Waals surface area contributed by atoms with Gasteiger partial charge in [-0.3, -0.25) is 4.79 Å². The van der Waals surface area contributed by atoms with Crippen LogP contribution in [0.1, 0.15) is 32.6 Å². The van der Waals surface area contributed by atoms with Crippen LogP contribution in [0.15, 0.2) is 18.2 Å². The molecule has 2 aliphatic rings. The summed E-state index contributed by atoms with van der Waals surface area (Å²) in [5.41, 5.74) is 0.780. The number of urea groups is 1. The number of likely N-dealkylation sites (tertiary alicyclic amines) is 1. The number of nitrogens with one attached hydrogen (secondary N) is 1. The van der Waals surface area contributed by atoms with Crippen molar-refractivity contribution in [3.63, 3.8) is 0 Å². The zero-order valence-corrected chi connectivity index (χ0v) is 15.2. The van der Waals surface area contributed by atoms with Gasteiger partial charge < -0.3 is 20.2 Å². The molecule has 2 saturated heterocycles. The van der Waals surface area contributed by atoms with E-state index in [1.54, 1.807) is 17.9 Å². The Hall–Kier alpha value is -1.95. The van der Waals surface area contributed by atoms with Crippen molar-refractivity contribution in [1.82, 2.24) is 4.90 Å².